The van der Waals surface area contributed by atoms with Crippen molar-refractivity contribution in [3.8, 4) is 0 Å². The molecule has 0 saturated heterocycles. The fraction of sp³-hybridized carbons (Fsp3) is 0.0909. The van der Waals surface area contributed by atoms with Gasteiger partial charge in [-0.15, -0.1) is 23.1 Å². The number of nitrogens with zero attached hydrogens (tertiary/aromatic N) is 1. The molecular weight excluding hydrogens is 256 g/mol. The van der Waals surface area contributed by atoms with E-state index in [4.69, 9.17) is 5.73 Å². The van der Waals surface area contributed by atoms with Crippen LogP contribution in [-0.2, 0) is 5.75 Å². The first-order chi connectivity index (χ1) is 8.16. The normalized spacial score (nSPS) is 10.4. The van der Waals surface area contributed by atoms with Gasteiger partial charge in [0.25, 0.3) is 5.69 Å². The molecule has 88 valence electrons. The van der Waals surface area contributed by atoms with E-state index in [-0.39, 0.29) is 5.69 Å². The standard InChI is InChI=1S/C11H10N2O2S2/c12-10-4-3-9(13(14)15)6-8(10)7-17-11-2-1-5-16-11/h1-6H,7,12H2. The van der Waals surface area contributed by atoms with Gasteiger partial charge in [-0.3, -0.25) is 10.1 Å². The highest BCUT2D eigenvalue weighted by atomic mass is 32.2. The third-order valence-corrected chi connectivity index (χ3v) is 4.38. The minimum absolute atomic E-state index is 0.0842. The number of thiophene rings is 1. The zero-order valence-corrected chi connectivity index (χ0v) is 10.5. The lowest BCUT2D eigenvalue weighted by Crippen LogP contribution is -1.95. The highest BCUT2D eigenvalue weighted by Crippen LogP contribution is 2.30. The summed E-state index contributed by atoms with van der Waals surface area (Å²) in [7, 11) is 0. The van der Waals surface area contributed by atoms with Crippen LogP contribution in [-0.4, -0.2) is 4.92 Å². The van der Waals surface area contributed by atoms with E-state index in [0.717, 1.165) is 5.56 Å². The van der Waals surface area contributed by atoms with E-state index in [1.165, 1.54) is 16.3 Å². The summed E-state index contributed by atoms with van der Waals surface area (Å²) < 4.78 is 1.18. The molecule has 6 heteroatoms. The van der Waals surface area contributed by atoms with Crippen LogP contribution in [0.2, 0.25) is 0 Å². The summed E-state index contributed by atoms with van der Waals surface area (Å²) in [6.07, 6.45) is 0. The van der Waals surface area contributed by atoms with Gasteiger partial charge in [-0.25, -0.2) is 0 Å². The number of non-ortho nitro benzene ring substituents is 1. The molecular formula is C11H10N2O2S2. The lowest BCUT2D eigenvalue weighted by molar-refractivity contribution is -0.384. The van der Waals surface area contributed by atoms with Crippen molar-refractivity contribution in [1.82, 2.24) is 0 Å². The molecule has 2 rings (SSSR count). The van der Waals surface area contributed by atoms with E-state index in [0.29, 0.717) is 11.4 Å². The summed E-state index contributed by atoms with van der Waals surface area (Å²) in [5.41, 5.74) is 7.28. The van der Waals surface area contributed by atoms with Gasteiger partial charge in [0, 0.05) is 23.6 Å². The summed E-state index contributed by atoms with van der Waals surface area (Å²) in [4.78, 5) is 10.3. The average molecular weight is 266 g/mol. The van der Waals surface area contributed by atoms with Crippen molar-refractivity contribution in [2.75, 3.05) is 5.73 Å². The number of rotatable bonds is 4. The van der Waals surface area contributed by atoms with Gasteiger partial charge >= 0.3 is 0 Å². The predicted molar refractivity (Wildman–Crippen MR) is 71.4 cm³/mol. The minimum Gasteiger partial charge on any atom is -0.398 e. The second kappa shape index (κ2) is 5.20. The molecule has 0 saturated carbocycles. The van der Waals surface area contributed by atoms with Crippen LogP contribution in [0.4, 0.5) is 11.4 Å². The Hall–Kier alpha value is -1.53. The first-order valence-corrected chi connectivity index (χ1v) is 6.72. The Kier molecular flexibility index (Phi) is 3.65. The van der Waals surface area contributed by atoms with Gasteiger partial charge in [-0.2, -0.15) is 0 Å². The number of hydrogen-bond donors (Lipinski definition) is 1. The number of nitro groups is 1. The van der Waals surface area contributed by atoms with Crippen LogP contribution >= 0.6 is 23.1 Å². The second-order valence-corrected chi connectivity index (χ2v) is 5.58. The van der Waals surface area contributed by atoms with Crippen molar-refractivity contribution in [3.63, 3.8) is 0 Å². The van der Waals surface area contributed by atoms with Gasteiger partial charge in [0.15, 0.2) is 0 Å². The number of nitrogen functional groups attached to an aromatic ring is 1. The monoisotopic (exact) mass is 266 g/mol. The van der Waals surface area contributed by atoms with Crippen molar-refractivity contribution in [1.29, 1.82) is 0 Å². The Bertz CT molecular complexity index is 526. The molecule has 0 bridgehead atoms. The Labute approximate surface area is 107 Å². The van der Waals surface area contributed by atoms with Crippen LogP contribution in [0, 0.1) is 10.1 Å². The van der Waals surface area contributed by atoms with Gasteiger partial charge in [-0.1, -0.05) is 6.07 Å². The van der Waals surface area contributed by atoms with E-state index in [1.807, 2.05) is 17.5 Å². The molecule has 0 fully saturated rings. The molecule has 0 radical (unpaired) electrons. The molecule has 0 unspecified atom stereocenters. The van der Waals surface area contributed by atoms with Crippen LogP contribution in [0.5, 0.6) is 0 Å². The number of hydrogen-bond acceptors (Lipinski definition) is 5. The molecule has 0 aliphatic carbocycles. The maximum absolute atomic E-state index is 10.7. The van der Waals surface area contributed by atoms with Gasteiger partial charge in [0.05, 0.1) is 9.13 Å². The Morgan fingerprint density at radius 2 is 2.24 bits per heavy atom. The highest BCUT2D eigenvalue weighted by Gasteiger charge is 2.09. The third-order valence-electron chi connectivity index (χ3n) is 2.20. The molecule has 0 spiro atoms. The first kappa shape index (κ1) is 11.9. The van der Waals surface area contributed by atoms with Gasteiger partial charge in [-0.05, 0) is 23.1 Å². The maximum Gasteiger partial charge on any atom is 0.269 e. The van der Waals surface area contributed by atoms with Crippen molar-refractivity contribution in [2.45, 2.75) is 9.96 Å². The Morgan fingerprint density at radius 3 is 2.88 bits per heavy atom. The van der Waals surface area contributed by atoms with Gasteiger partial charge in [0.1, 0.15) is 0 Å². The van der Waals surface area contributed by atoms with Gasteiger partial charge in [0.2, 0.25) is 0 Å². The van der Waals surface area contributed by atoms with Gasteiger partial charge < -0.3 is 5.73 Å². The van der Waals surface area contributed by atoms with Crippen LogP contribution < -0.4 is 5.73 Å². The number of anilines is 1. The Morgan fingerprint density at radius 1 is 1.41 bits per heavy atom. The van der Waals surface area contributed by atoms with E-state index < -0.39 is 4.92 Å². The topological polar surface area (TPSA) is 69.2 Å². The fourth-order valence-electron chi connectivity index (χ4n) is 1.33. The molecule has 1 heterocycles. The summed E-state index contributed by atoms with van der Waals surface area (Å²) in [5.74, 6) is 0.647. The van der Waals surface area contributed by atoms with Crippen molar-refractivity contribution in [2.24, 2.45) is 0 Å². The second-order valence-electron chi connectivity index (χ2n) is 3.36. The van der Waals surface area contributed by atoms with E-state index >= 15 is 0 Å². The molecule has 0 aliphatic heterocycles. The lowest BCUT2D eigenvalue weighted by Gasteiger charge is -2.04. The van der Waals surface area contributed by atoms with Crippen LogP contribution in [0.15, 0.2) is 39.9 Å². The molecule has 4 nitrogen and oxygen atoms in total. The lowest BCUT2D eigenvalue weighted by atomic mass is 10.2. The van der Waals surface area contributed by atoms with Crippen molar-refractivity contribution >= 4 is 34.5 Å². The largest absolute Gasteiger partial charge is 0.398 e. The summed E-state index contributed by atoms with van der Waals surface area (Å²) in [5, 5.41) is 12.7. The van der Waals surface area contributed by atoms with Crippen LogP contribution in [0.3, 0.4) is 0 Å². The van der Waals surface area contributed by atoms with Crippen LogP contribution in [0.1, 0.15) is 5.56 Å². The zero-order valence-electron chi connectivity index (χ0n) is 8.83. The zero-order chi connectivity index (χ0) is 12.3. The molecule has 0 aliphatic rings. The number of thioether (sulfide) groups is 1. The molecule has 0 atom stereocenters. The first-order valence-electron chi connectivity index (χ1n) is 4.86. The summed E-state index contributed by atoms with van der Waals surface area (Å²) in [6.45, 7) is 0. The smallest absolute Gasteiger partial charge is 0.269 e. The molecule has 1 aromatic carbocycles. The summed E-state index contributed by atoms with van der Waals surface area (Å²) >= 11 is 3.28. The third kappa shape index (κ3) is 2.98. The van der Waals surface area contributed by atoms with E-state index in [9.17, 15) is 10.1 Å². The molecule has 17 heavy (non-hydrogen) atoms. The molecule has 1 aromatic heterocycles. The fourth-order valence-corrected chi connectivity index (χ4v) is 3.11. The van der Waals surface area contributed by atoms with Crippen LogP contribution in [0.25, 0.3) is 0 Å². The van der Waals surface area contributed by atoms with Crippen molar-refractivity contribution in [3.05, 3.63) is 51.4 Å². The van der Waals surface area contributed by atoms with E-state index in [1.54, 1.807) is 29.2 Å². The maximum atomic E-state index is 10.7. The number of nitrogens with two attached hydrogens (primary N) is 1. The molecule has 2 aromatic rings. The number of benzene rings is 1. The number of nitro benzene ring substituents is 1. The highest BCUT2D eigenvalue weighted by molar-refractivity contribution is 8.00. The predicted octanol–water partition coefficient (Wildman–Crippen LogP) is 3.53. The molecule has 2 N–H and O–H groups in total. The average Bonchev–Trinajstić information content (AvgIpc) is 2.80. The summed E-state index contributed by atoms with van der Waals surface area (Å²) in [6, 6.07) is 8.54. The quantitative estimate of drug-likeness (QED) is 0.398. The van der Waals surface area contributed by atoms with Crippen molar-refractivity contribution < 1.29 is 4.92 Å². The minimum atomic E-state index is -0.404. The van der Waals surface area contributed by atoms with E-state index in [2.05, 4.69) is 0 Å². The SMILES string of the molecule is Nc1ccc([N+](=O)[O-])cc1CSc1cccs1. The Balaban J connectivity index is 2.14. The molecule has 0 amide bonds.